The molecule has 0 aromatic rings. The fourth-order valence-corrected chi connectivity index (χ4v) is 1.64. The molecule has 15 heavy (non-hydrogen) atoms. The van der Waals surface area contributed by atoms with E-state index in [1.165, 1.54) is 0 Å². The summed E-state index contributed by atoms with van der Waals surface area (Å²) in [7, 11) is 0. The van der Waals surface area contributed by atoms with Crippen LogP contribution in [0.5, 0.6) is 0 Å². The summed E-state index contributed by atoms with van der Waals surface area (Å²) in [6.45, 7) is 8.47. The minimum atomic E-state index is -0.389. The Morgan fingerprint density at radius 1 is 1.60 bits per heavy atom. The van der Waals surface area contributed by atoms with Crippen molar-refractivity contribution in [1.82, 2.24) is 10.2 Å². The average molecular weight is 210 g/mol. The molecule has 1 heterocycles. The summed E-state index contributed by atoms with van der Waals surface area (Å²) in [6, 6.07) is -0.389. The van der Waals surface area contributed by atoms with E-state index in [-0.39, 0.29) is 23.8 Å². The SMILES string of the molecule is C=CCN1CCC(=O)NC(C(C)C)C1=O. The van der Waals surface area contributed by atoms with Gasteiger partial charge in [-0.25, -0.2) is 0 Å². The second kappa shape index (κ2) is 4.96. The highest BCUT2D eigenvalue weighted by Gasteiger charge is 2.30. The van der Waals surface area contributed by atoms with Gasteiger partial charge in [-0.05, 0) is 5.92 Å². The van der Waals surface area contributed by atoms with E-state index in [0.717, 1.165) is 0 Å². The summed E-state index contributed by atoms with van der Waals surface area (Å²) >= 11 is 0. The van der Waals surface area contributed by atoms with Gasteiger partial charge < -0.3 is 10.2 Å². The molecule has 1 aliphatic rings. The fourth-order valence-electron chi connectivity index (χ4n) is 1.64. The van der Waals surface area contributed by atoms with Crippen LogP contribution in [-0.4, -0.2) is 35.8 Å². The zero-order chi connectivity index (χ0) is 11.4. The fraction of sp³-hybridized carbons (Fsp3) is 0.636. The average Bonchev–Trinajstić information content (AvgIpc) is 2.31. The first kappa shape index (κ1) is 11.8. The molecule has 0 aliphatic carbocycles. The Labute approximate surface area is 90.3 Å². The molecule has 4 nitrogen and oxygen atoms in total. The molecule has 0 aromatic heterocycles. The smallest absolute Gasteiger partial charge is 0.245 e. The van der Waals surface area contributed by atoms with Crippen molar-refractivity contribution < 1.29 is 9.59 Å². The summed E-state index contributed by atoms with van der Waals surface area (Å²) in [6.07, 6.45) is 2.06. The van der Waals surface area contributed by atoms with Gasteiger partial charge in [0.05, 0.1) is 0 Å². The third-order valence-corrected chi connectivity index (χ3v) is 2.52. The summed E-state index contributed by atoms with van der Waals surface area (Å²) in [4.78, 5) is 25.0. The van der Waals surface area contributed by atoms with E-state index in [2.05, 4.69) is 11.9 Å². The number of hydrogen-bond acceptors (Lipinski definition) is 2. The second-order valence-corrected chi connectivity index (χ2v) is 4.11. The maximum absolute atomic E-state index is 12.0. The molecule has 1 aliphatic heterocycles. The molecule has 0 bridgehead atoms. The minimum Gasteiger partial charge on any atom is -0.344 e. The van der Waals surface area contributed by atoms with Gasteiger partial charge >= 0.3 is 0 Å². The Morgan fingerprint density at radius 3 is 2.80 bits per heavy atom. The molecule has 4 heteroatoms. The van der Waals surface area contributed by atoms with Gasteiger partial charge in [-0.15, -0.1) is 6.58 Å². The van der Waals surface area contributed by atoms with Crippen LogP contribution < -0.4 is 5.32 Å². The van der Waals surface area contributed by atoms with E-state index in [1.54, 1.807) is 11.0 Å². The number of carbonyl (C=O) groups is 2. The Hall–Kier alpha value is -1.32. The molecule has 1 atom stereocenters. The van der Waals surface area contributed by atoms with E-state index in [9.17, 15) is 9.59 Å². The Bertz CT molecular complexity index is 274. The number of nitrogens with one attached hydrogen (secondary N) is 1. The van der Waals surface area contributed by atoms with E-state index >= 15 is 0 Å². The second-order valence-electron chi connectivity index (χ2n) is 4.11. The quantitative estimate of drug-likeness (QED) is 0.691. The molecule has 1 rings (SSSR count). The molecule has 0 radical (unpaired) electrons. The summed E-state index contributed by atoms with van der Waals surface area (Å²) < 4.78 is 0. The molecule has 0 aromatic carbocycles. The Balaban J connectivity index is 2.81. The van der Waals surface area contributed by atoms with Crippen molar-refractivity contribution in [3.63, 3.8) is 0 Å². The zero-order valence-corrected chi connectivity index (χ0v) is 9.32. The van der Waals surface area contributed by atoms with Crippen LogP contribution >= 0.6 is 0 Å². The van der Waals surface area contributed by atoms with Gasteiger partial charge in [0.1, 0.15) is 6.04 Å². The summed E-state index contributed by atoms with van der Waals surface area (Å²) in [5.74, 6) is 0.0660. The number of nitrogens with zero attached hydrogens (tertiary/aromatic N) is 1. The van der Waals surface area contributed by atoms with Gasteiger partial charge in [0.25, 0.3) is 0 Å². The van der Waals surface area contributed by atoms with E-state index in [0.29, 0.717) is 19.5 Å². The molecule has 0 spiro atoms. The van der Waals surface area contributed by atoms with E-state index in [1.807, 2.05) is 13.8 Å². The Kier molecular flexibility index (Phi) is 3.88. The summed E-state index contributed by atoms with van der Waals surface area (Å²) in [5.41, 5.74) is 0. The minimum absolute atomic E-state index is 0.00394. The molecule has 1 saturated heterocycles. The highest BCUT2D eigenvalue weighted by Crippen LogP contribution is 2.10. The largest absolute Gasteiger partial charge is 0.344 e. The van der Waals surface area contributed by atoms with Crippen LogP contribution in [0.1, 0.15) is 20.3 Å². The maximum atomic E-state index is 12.0. The van der Waals surface area contributed by atoms with Crippen molar-refractivity contribution in [2.45, 2.75) is 26.3 Å². The van der Waals surface area contributed by atoms with Crippen LogP contribution in [0.4, 0.5) is 0 Å². The van der Waals surface area contributed by atoms with Crippen LogP contribution in [0.15, 0.2) is 12.7 Å². The lowest BCUT2D eigenvalue weighted by molar-refractivity contribution is -0.134. The summed E-state index contributed by atoms with van der Waals surface area (Å²) in [5, 5.41) is 2.75. The van der Waals surface area contributed by atoms with Crippen molar-refractivity contribution in [2.24, 2.45) is 5.92 Å². The predicted octanol–water partition coefficient (Wildman–Crippen LogP) is 0.545. The third kappa shape index (κ3) is 2.81. The normalized spacial score (nSPS) is 22.6. The van der Waals surface area contributed by atoms with Crippen molar-refractivity contribution in [1.29, 1.82) is 0 Å². The predicted molar refractivity (Wildman–Crippen MR) is 58.2 cm³/mol. The molecule has 1 fully saturated rings. The zero-order valence-electron chi connectivity index (χ0n) is 9.32. The van der Waals surface area contributed by atoms with Crippen molar-refractivity contribution >= 4 is 11.8 Å². The highest BCUT2D eigenvalue weighted by atomic mass is 16.2. The number of carbonyl (C=O) groups excluding carboxylic acids is 2. The van der Waals surface area contributed by atoms with Gasteiger partial charge in [-0.3, -0.25) is 9.59 Å². The molecule has 0 saturated carbocycles. The van der Waals surface area contributed by atoms with Gasteiger partial charge in [-0.1, -0.05) is 19.9 Å². The van der Waals surface area contributed by atoms with Crippen molar-refractivity contribution in [2.75, 3.05) is 13.1 Å². The van der Waals surface area contributed by atoms with E-state index < -0.39 is 0 Å². The molecule has 1 unspecified atom stereocenters. The number of amides is 2. The standard InChI is InChI=1S/C11H18N2O2/c1-4-6-13-7-5-9(14)12-10(8(2)3)11(13)15/h4,8,10H,1,5-7H2,2-3H3,(H,12,14). The molecular formula is C11H18N2O2. The molecule has 1 N–H and O–H groups in total. The van der Waals surface area contributed by atoms with Gasteiger partial charge in [0, 0.05) is 19.5 Å². The lowest BCUT2D eigenvalue weighted by Gasteiger charge is -2.24. The lowest BCUT2D eigenvalue weighted by Crippen LogP contribution is -2.47. The first-order valence-electron chi connectivity index (χ1n) is 5.25. The van der Waals surface area contributed by atoms with Crippen LogP contribution in [0.2, 0.25) is 0 Å². The highest BCUT2D eigenvalue weighted by molar-refractivity contribution is 5.90. The topological polar surface area (TPSA) is 49.4 Å². The number of rotatable bonds is 3. The molecule has 2 amide bonds. The maximum Gasteiger partial charge on any atom is 0.245 e. The van der Waals surface area contributed by atoms with Crippen LogP contribution in [0.25, 0.3) is 0 Å². The third-order valence-electron chi connectivity index (χ3n) is 2.52. The van der Waals surface area contributed by atoms with E-state index in [4.69, 9.17) is 0 Å². The monoisotopic (exact) mass is 210 g/mol. The van der Waals surface area contributed by atoms with Gasteiger partial charge in [-0.2, -0.15) is 0 Å². The van der Waals surface area contributed by atoms with Crippen molar-refractivity contribution in [3.8, 4) is 0 Å². The molecular weight excluding hydrogens is 192 g/mol. The Morgan fingerprint density at radius 2 is 2.27 bits per heavy atom. The van der Waals surface area contributed by atoms with Gasteiger partial charge in [0.15, 0.2) is 0 Å². The lowest BCUT2D eigenvalue weighted by atomic mass is 10.0. The van der Waals surface area contributed by atoms with Crippen LogP contribution in [-0.2, 0) is 9.59 Å². The van der Waals surface area contributed by atoms with Crippen LogP contribution in [0.3, 0.4) is 0 Å². The number of hydrogen-bond donors (Lipinski definition) is 1. The van der Waals surface area contributed by atoms with Crippen molar-refractivity contribution in [3.05, 3.63) is 12.7 Å². The first-order chi connectivity index (χ1) is 7.06. The van der Waals surface area contributed by atoms with Crippen LogP contribution in [0, 0.1) is 5.92 Å². The molecule has 84 valence electrons. The van der Waals surface area contributed by atoms with Gasteiger partial charge in [0.2, 0.25) is 11.8 Å². The first-order valence-corrected chi connectivity index (χ1v) is 5.25.